The fourth-order valence-electron chi connectivity index (χ4n) is 2.79. The number of ether oxygens (including phenoxy) is 3. The molecule has 6 heteroatoms. The van der Waals surface area contributed by atoms with Crippen LogP contribution in [0.1, 0.15) is 21.5 Å². The number of carboxylic acid groups (broad SMARTS) is 1. The number of nitriles is 1. The second kappa shape index (κ2) is 8.00. The summed E-state index contributed by atoms with van der Waals surface area (Å²) < 4.78 is 16.6. The molecule has 134 valence electrons. The standard InChI is InChI=1S/C20H19NO5/c1-13-2-3-19(16(6-13)10-21)14-7-15(20(22)23)9-17(8-14)26-12-18-11-24-4-5-25-18/h2-3,6-9,18H,4-5,11-12H2,1H3,(H,22,23). The average Bonchev–Trinajstić information content (AvgIpc) is 2.66. The molecule has 0 spiro atoms. The second-order valence-electron chi connectivity index (χ2n) is 6.09. The van der Waals surface area contributed by atoms with Gasteiger partial charge in [0, 0.05) is 0 Å². The first kappa shape index (κ1) is 17.9. The topological polar surface area (TPSA) is 88.8 Å². The maximum absolute atomic E-state index is 11.5. The molecule has 0 saturated carbocycles. The molecule has 1 atom stereocenters. The van der Waals surface area contributed by atoms with Crippen LogP contribution in [0.25, 0.3) is 11.1 Å². The predicted octanol–water partition coefficient (Wildman–Crippen LogP) is 3.03. The zero-order valence-electron chi connectivity index (χ0n) is 14.4. The summed E-state index contributed by atoms with van der Waals surface area (Å²) in [6.45, 7) is 3.70. The molecule has 2 aromatic carbocycles. The number of aromatic carboxylic acids is 1. The van der Waals surface area contributed by atoms with E-state index in [2.05, 4.69) is 6.07 Å². The van der Waals surface area contributed by atoms with Gasteiger partial charge in [-0.05, 0) is 47.9 Å². The van der Waals surface area contributed by atoms with Crippen LogP contribution in [0.5, 0.6) is 5.75 Å². The van der Waals surface area contributed by atoms with Crippen molar-refractivity contribution in [1.82, 2.24) is 0 Å². The summed E-state index contributed by atoms with van der Waals surface area (Å²) in [5, 5.41) is 18.8. The fourth-order valence-corrected chi connectivity index (χ4v) is 2.79. The van der Waals surface area contributed by atoms with Crippen molar-refractivity contribution in [2.75, 3.05) is 26.4 Å². The molecule has 6 nitrogen and oxygen atoms in total. The van der Waals surface area contributed by atoms with E-state index in [1.54, 1.807) is 18.2 Å². The Kier molecular flexibility index (Phi) is 5.52. The molecule has 1 aliphatic heterocycles. The molecule has 0 aromatic heterocycles. The molecule has 26 heavy (non-hydrogen) atoms. The summed E-state index contributed by atoms with van der Waals surface area (Å²) in [5.74, 6) is -0.641. The van der Waals surface area contributed by atoms with Crippen LogP contribution < -0.4 is 4.74 Å². The van der Waals surface area contributed by atoms with Crippen molar-refractivity contribution in [3.05, 3.63) is 53.1 Å². The Labute approximate surface area is 151 Å². The number of carbonyl (C=O) groups is 1. The first-order valence-corrected chi connectivity index (χ1v) is 8.28. The zero-order valence-corrected chi connectivity index (χ0v) is 14.4. The quantitative estimate of drug-likeness (QED) is 0.889. The first-order chi connectivity index (χ1) is 12.6. The van der Waals surface area contributed by atoms with E-state index < -0.39 is 5.97 Å². The smallest absolute Gasteiger partial charge is 0.335 e. The largest absolute Gasteiger partial charge is 0.491 e. The van der Waals surface area contributed by atoms with Crippen molar-refractivity contribution in [2.24, 2.45) is 0 Å². The van der Waals surface area contributed by atoms with Gasteiger partial charge in [0.15, 0.2) is 0 Å². The first-order valence-electron chi connectivity index (χ1n) is 8.28. The van der Waals surface area contributed by atoms with E-state index >= 15 is 0 Å². The molecule has 1 saturated heterocycles. The molecule has 1 N–H and O–H groups in total. The lowest BCUT2D eigenvalue weighted by Crippen LogP contribution is -2.33. The minimum absolute atomic E-state index is 0.0998. The molecule has 0 radical (unpaired) electrons. The highest BCUT2D eigenvalue weighted by atomic mass is 16.6. The van der Waals surface area contributed by atoms with Crippen LogP contribution in [0.3, 0.4) is 0 Å². The summed E-state index contributed by atoms with van der Waals surface area (Å²) in [7, 11) is 0. The minimum atomic E-state index is -1.06. The maximum atomic E-state index is 11.5. The lowest BCUT2D eigenvalue weighted by atomic mass is 9.97. The monoisotopic (exact) mass is 353 g/mol. The van der Waals surface area contributed by atoms with Gasteiger partial charge in [0.1, 0.15) is 18.5 Å². The molecule has 1 aliphatic rings. The molecule has 1 fully saturated rings. The van der Waals surface area contributed by atoms with Crippen LogP contribution in [0.2, 0.25) is 0 Å². The molecule has 1 heterocycles. The Bertz CT molecular complexity index is 850. The van der Waals surface area contributed by atoms with Crippen LogP contribution in [0.15, 0.2) is 36.4 Å². The van der Waals surface area contributed by atoms with E-state index in [-0.39, 0.29) is 18.3 Å². The molecular weight excluding hydrogens is 334 g/mol. The van der Waals surface area contributed by atoms with Crippen LogP contribution in [-0.2, 0) is 9.47 Å². The number of benzene rings is 2. The van der Waals surface area contributed by atoms with Gasteiger partial charge < -0.3 is 19.3 Å². The third kappa shape index (κ3) is 4.20. The predicted molar refractivity (Wildman–Crippen MR) is 94.3 cm³/mol. The van der Waals surface area contributed by atoms with Crippen LogP contribution in [0.4, 0.5) is 0 Å². The van der Waals surface area contributed by atoms with Crippen molar-refractivity contribution in [2.45, 2.75) is 13.0 Å². The van der Waals surface area contributed by atoms with E-state index in [9.17, 15) is 15.2 Å². The minimum Gasteiger partial charge on any atom is -0.491 e. The Balaban J connectivity index is 1.91. The molecule has 0 amide bonds. The summed E-state index contributed by atoms with van der Waals surface area (Å²) in [6.07, 6.45) is -0.185. The van der Waals surface area contributed by atoms with Crippen molar-refractivity contribution < 1.29 is 24.1 Å². The highest BCUT2D eigenvalue weighted by Crippen LogP contribution is 2.29. The van der Waals surface area contributed by atoms with Crippen LogP contribution in [-0.4, -0.2) is 43.6 Å². The van der Waals surface area contributed by atoms with Crippen LogP contribution >= 0.6 is 0 Å². The molecular formula is C20H19NO5. The molecule has 1 unspecified atom stereocenters. The molecule has 0 bridgehead atoms. The number of nitrogens with zero attached hydrogens (tertiary/aromatic N) is 1. The van der Waals surface area contributed by atoms with Gasteiger partial charge in [-0.1, -0.05) is 12.1 Å². The van der Waals surface area contributed by atoms with E-state index in [0.717, 1.165) is 5.56 Å². The van der Waals surface area contributed by atoms with Gasteiger partial charge in [-0.3, -0.25) is 0 Å². The Morgan fingerprint density at radius 3 is 2.85 bits per heavy atom. The number of carboxylic acids is 1. The van der Waals surface area contributed by atoms with Gasteiger partial charge in [-0.15, -0.1) is 0 Å². The number of aryl methyl sites for hydroxylation is 1. The number of rotatable bonds is 5. The van der Waals surface area contributed by atoms with Gasteiger partial charge in [-0.25, -0.2) is 4.79 Å². The highest BCUT2D eigenvalue weighted by Gasteiger charge is 2.17. The SMILES string of the molecule is Cc1ccc(-c2cc(OCC3COCCO3)cc(C(=O)O)c2)c(C#N)c1. The zero-order chi connectivity index (χ0) is 18.5. The third-order valence-electron chi connectivity index (χ3n) is 4.08. The van der Waals surface area contributed by atoms with E-state index in [1.807, 2.05) is 19.1 Å². The normalized spacial score (nSPS) is 16.7. The van der Waals surface area contributed by atoms with Crippen molar-refractivity contribution in [3.63, 3.8) is 0 Å². The van der Waals surface area contributed by atoms with Gasteiger partial charge in [0.05, 0.1) is 37.0 Å². The van der Waals surface area contributed by atoms with E-state index in [4.69, 9.17) is 14.2 Å². The van der Waals surface area contributed by atoms with Gasteiger partial charge in [0.25, 0.3) is 0 Å². The summed E-state index contributed by atoms with van der Waals surface area (Å²) in [4.78, 5) is 11.5. The molecule has 2 aromatic rings. The highest BCUT2D eigenvalue weighted by molar-refractivity contribution is 5.90. The number of hydrogen-bond donors (Lipinski definition) is 1. The second-order valence-corrected chi connectivity index (χ2v) is 6.09. The number of hydrogen-bond acceptors (Lipinski definition) is 5. The van der Waals surface area contributed by atoms with Gasteiger partial charge in [-0.2, -0.15) is 5.26 Å². The third-order valence-corrected chi connectivity index (χ3v) is 4.08. The lowest BCUT2D eigenvalue weighted by molar-refractivity contribution is -0.101. The fraction of sp³-hybridized carbons (Fsp3) is 0.300. The molecule has 0 aliphatic carbocycles. The Morgan fingerprint density at radius 1 is 1.31 bits per heavy atom. The van der Waals surface area contributed by atoms with Gasteiger partial charge in [0.2, 0.25) is 0 Å². The van der Waals surface area contributed by atoms with Crippen molar-refractivity contribution in [1.29, 1.82) is 5.26 Å². The molecule has 3 rings (SSSR count). The summed E-state index contributed by atoms with van der Waals surface area (Å²) in [5.41, 5.74) is 2.84. The van der Waals surface area contributed by atoms with Gasteiger partial charge >= 0.3 is 5.97 Å². The summed E-state index contributed by atoms with van der Waals surface area (Å²) in [6, 6.07) is 12.4. The van der Waals surface area contributed by atoms with E-state index in [1.165, 1.54) is 6.07 Å². The maximum Gasteiger partial charge on any atom is 0.335 e. The van der Waals surface area contributed by atoms with Crippen molar-refractivity contribution in [3.8, 4) is 22.9 Å². The van der Waals surface area contributed by atoms with Crippen LogP contribution in [0, 0.1) is 18.3 Å². The lowest BCUT2D eigenvalue weighted by Gasteiger charge is -2.23. The average molecular weight is 353 g/mol. The summed E-state index contributed by atoms with van der Waals surface area (Å²) >= 11 is 0. The van der Waals surface area contributed by atoms with Crippen molar-refractivity contribution >= 4 is 5.97 Å². The Hall–Kier alpha value is -2.88. The Morgan fingerprint density at radius 2 is 2.15 bits per heavy atom. The van der Waals surface area contributed by atoms with E-state index in [0.29, 0.717) is 42.3 Å².